The lowest BCUT2D eigenvalue weighted by molar-refractivity contribution is -0.139. The third-order valence-corrected chi connectivity index (χ3v) is 1.87. The number of nitrogen functional groups attached to an aromatic ring is 1. The van der Waals surface area contributed by atoms with E-state index in [4.69, 9.17) is 10.5 Å². The number of hydrogen-bond acceptors (Lipinski definition) is 4. The highest BCUT2D eigenvalue weighted by Crippen LogP contribution is 2.21. The molecule has 4 nitrogen and oxygen atoms in total. The number of ether oxygens (including phenoxy) is 2. The van der Waals surface area contributed by atoms with Crippen molar-refractivity contribution < 1.29 is 14.3 Å². The molecule has 0 aliphatic heterocycles. The molecule has 0 saturated heterocycles. The highest BCUT2D eigenvalue weighted by Gasteiger charge is 2.08. The minimum atomic E-state index is -0.298. The van der Waals surface area contributed by atoms with Crippen LogP contribution in [0, 0.1) is 0 Å². The molecule has 1 aromatic carbocycles. The Morgan fingerprint density at radius 1 is 1.43 bits per heavy atom. The van der Waals surface area contributed by atoms with Crippen LogP contribution in [0.25, 0.3) is 0 Å². The van der Waals surface area contributed by atoms with Gasteiger partial charge >= 0.3 is 5.97 Å². The lowest BCUT2D eigenvalue weighted by atomic mass is 10.1. The van der Waals surface area contributed by atoms with Crippen LogP contribution in [0.15, 0.2) is 18.2 Å². The third-order valence-electron chi connectivity index (χ3n) is 1.87. The monoisotopic (exact) mass is 195 g/mol. The molecule has 0 spiro atoms. The summed E-state index contributed by atoms with van der Waals surface area (Å²) in [6.45, 7) is 0. The van der Waals surface area contributed by atoms with E-state index in [1.165, 1.54) is 14.2 Å². The number of nitrogens with two attached hydrogens (primary N) is 1. The maximum Gasteiger partial charge on any atom is 0.310 e. The Kier molecular flexibility index (Phi) is 3.34. The molecule has 0 amide bonds. The van der Waals surface area contributed by atoms with E-state index in [0.717, 1.165) is 5.56 Å². The van der Waals surface area contributed by atoms with Crippen molar-refractivity contribution in [2.24, 2.45) is 0 Å². The van der Waals surface area contributed by atoms with Crippen molar-refractivity contribution in [3.63, 3.8) is 0 Å². The predicted molar refractivity (Wildman–Crippen MR) is 53.1 cm³/mol. The zero-order chi connectivity index (χ0) is 10.6. The molecular formula is C10H13NO3. The molecule has 0 radical (unpaired) electrons. The van der Waals surface area contributed by atoms with E-state index in [9.17, 15) is 4.79 Å². The van der Waals surface area contributed by atoms with Crippen molar-refractivity contribution >= 4 is 11.7 Å². The average Bonchev–Trinajstić information content (AvgIpc) is 2.20. The summed E-state index contributed by atoms with van der Waals surface area (Å²) in [6, 6.07) is 5.16. The standard InChI is InChI=1S/C10H13NO3/c1-13-9-6-8(11)4-3-7(9)5-10(12)14-2/h3-4,6H,5,11H2,1-2H3. The quantitative estimate of drug-likeness (QED) is 0.577. The van der Waals surface area contributed by atoms with Crippen LogP contribution in [0.4, 0.5) is 5.69 Å². The predicted octanol–water partition coefficient (Wildman–Crippen LogP) is 0.993. The number of esters is 1. The molecule has 0 aliphatic carbocycles. The van der Waals surface area contributed by atoms with Crippen molar-refractivity contribution in [1.29, 1.82) is 0 Å². The van der Waals surface area contributed by atoms with Gasteiger partial charge in [0.25, 0.3) is 0 Å². The topological polar surface area (TPSA) is 61.5 Å². The van der Waals surface area contributed by atoms with Gasteiger partial charge in [0.15, 0.2) is 0 Å². The van der Waals surface area contributed by atoms with Gasteiger partial charge in [0, 0.05) is 17.3 Å². The third kappa shape index (κ3) is 2.39. The first-order chi connectivity index (χ1) is 6.67. The first-order valence-corrected chi connectivity index (χ1v) is 4.16. The van der Waals surface area contributed by atoms with Gasteiger partial charge in [-0.2, -0.15) is 0 Å². The molecule has 76 valence electrons. The van der Waals surface area contributed by atoms with Crippen molar-refractivity contribution in [2.45, 2.75) is 6.42 Å². The van der Waals surface area contributed by atoms with E-state index in [2.05, 4.69) is 4.74 Å². The molecule has 4 heteroatoms. The molecule has 0 unspecified atom stereocenters. The molecule has 0 aliphatic rings. The van der Waals surface area contributed by atoms with E-state index in [1.54, 1.807) is 18.2 Å². The Bertz CT molecular complexity index is 336. The lowest BCUT2D eigenvalue weighted by Gasteiger charge is -2.07. The molecule has 0 atom stereocenters. The summed E-state index contributed by atoms with van der Waals surface area (Å²) < 4.78 is 9.64. The zero-order valence-electron chi connectivity index (χ0n) is 8.24. The summed E-state index contributed by atoms with van der Waals surface area (Å²) in [7, 11) is 2.89. The fourth-order valence-corrected chi connectivity index (χ4v) is 1.13. The van der Waals surface area contributed by atoms with Crippen LogP contribution >= 0.6 is 0 Å². The van der Waals surface area contributed by atoms with Gasteiger partial charge in [-0.25, -0.2) is 0 Å². The molecule has 14 heavy (non-hydrogen) atoms. The summed E-state index contributed by atoms with van der Waals surface area (Å²) in [6.07, 6.45) is 0.194. The van der Waals surface area contributed by atoms with E-state index in [-0.39, 0.29) is 12.4 Å². The summed E-state index contributed by atoms with van der Waals surface area (Å²) in [5.41, 5.74) is 6.95. The summed E-state index contributed by atoms with van der Waals surface area (Å²) in [5.74, 6) is 0.309. The van der Waals surface area contributed by atoms with Gasteiger partial charge in [-0.05, 0) is 6.07 Å². The fraction of sp³-hybridized carbons (Fsp3) is 0.300. The SMILES string of the molecule is COC(=O)Cc1ccc(N)cc1OC. The number of rotatable bonds is 3. The van der Waals surface area contributed by atoms with Gasteiger partial charge in [-0.3, -0.25) is 4.79 Å². The first-order valence-electron chi connectivity index (χ1n) is 4.16. The van der Waals surface area contributed by atoms with Gasteiger partial charge in [0.05, 0.1) is 20.6 Å². The summed E-state index contributed by atoms with van der Waals surface area (Å²) in [4.78, 5) is 11.0. The smallest absolute Gasteiger partial charge is 0.310 e. The number of hydrogen-bond donors (Lipinski definition) is 1. The number of carbonyl (C=O) groups excluding carboxylic acids is 1. The van der Waals surface area contributed by atoms with Crippen LogP contribution in [0.5, 0.6) is 5.75 Å². The molecule has 0 bridgehead atoms. The van der Waals surface area contributed by atoms with Crippen LogP contribution in [0.2, 0.25) is 0 Å². The number of methoxy groups -OCH3 is 2. The lowest BCUT2D eigenvalue weighted by Crippen LogP contribution is -2.06. The van der Waals surface area contributed by atoms with Gasteiger partial charge in [-0.1, -0.05) is 6.07 Å². The summed E-state index contributed by atoms with van der Waals surface area (Å²) >= 11 is 0. The first kappa shape index (κ1) is 10.4. The van der Waals surface area contributed by atoms with Gasteiger partial charge in [-0.15, -0.1) is 0 Å². The van der Waals surface area contributed by atoms with Crippen LogP contribution in [0.1, 0.15) is 5.56 Å². The second-order valence-electron chi connectivity index (χ2n) is 2.82. The van der Waals surface area contributed by atoms with Gasteiger partial charge in [0.1, 0.15) is 5.75 Å². The molecule has 0 aromatic heterocycles. The zero-order valence-corrected chi connectivity index (χ0v) is 8.24. The van der Waals surface area contributed by atoms with Crippen LogP contribution in [-0.4, -0.2) is 20.2 Å². The number of carbonyl (C=O) groups is 1. The normalized spacial score (nSPS) is 9.57. The van der Waals surface area contributed by atoms with Crippen LogP contribution in [0.3, 0.4) is 0 Å². The minimum Gasteiger partial charge on any atom is -0.496 e. The molecule has 2 N–H and O–H groups in total. The molecule has 0 heterocycles. The molecular weight excluding hydrogens is 182 g/mol. The van der Waals surface area contributed by atoms with Crippen LogP contribution in [-0.2, 0) is 16.0 Å². The van der Waals surface area contributed by atoms with Gasteiger partial charge < -0.3 is 15.2 Å². The maximum absolute atomic E-state index is 11.0. The Morgan fingerprint density at radius 2 is 2.14 bits per heavy atom. The molecule has 0 fully saturated rings. The van der Waals surface area contributed by atoms with E-state index >= 15 is 0 Å². The maximum atomic E-state index is 11.0. The highest BCUT2D eigenvalue weighted by atomic mass is 16.5. The Labute approximate surface area is 82.6 Å². The second-order valence-corrected chi connectivity index (χ2v) is 2.82. The van der Waals surface area contributed by atoms with Crippen molar-refractivity contribution in [3.8, 4) is 5.75 Å². The summed E-state index contributed by atoms with van der Waals surface area (Å²) in [5, 5.41) is 0. The Balaban J connectivity index is 2.90. The fourth-order valence-electron chi connectivity index (χ4n) is 1.13. The highest BCUT2D eigenvalue weighted by molar-refractivity contribution is 5.73. The molecule has 0 saturated carbocycles. The van der Waals surface area contributed by atoms with Crippen molar-refractivity contribution in [1.82, 2.24) is 0 Å². The second kappa shape index (κ2) is 4.50. The van der Waals surface area contributed by atoms with Crippen LogP contribution < -0.4 is 10.5 Å². The van der Waals surface area contributed by atoms with Gasteiger partial charge in [0.2, 0.25) is 0 Å². The average molecular weight is 195 g/mol. The minimum absolute atomic E-state index is 0.194. The molecule has 1 rings (SSSR count). The number of benzene rings is 1. The Hall–Kier alpha value is -1.71. The number of anilines is 1. The van der Waals surface area contributed by atoms with E-state index < -0.39 is 0 Å². The van der Waals surface area contributed by atoms with E-state index in [0.29, 0.717) is 11.4 Å². The van der Waals surface area contributed by atoms with E-state index in [1.807, 2.05) is 0 Å². The molecule has 1 aromatic rings. The van der Waals surface area contributed by atoms with Crippen molar-refractivity contribution in [2.75, 3.05) is 20.0 Å². The van der Waals surface area contributed by atoms with Crippen molar-refractivity contribution in [3.05, 3.63) is 23.8 Å². The Morgan fingerprint density at radius 3 is 2.71 bits per heavy atom. The largest absolute Gasteiger partial charge is 0.496 e.